The lowest BCUT2D eigenvalue weighted by Crippen LogP contribution is -2.51. The van der Waals surface area contributed by atoms with E-state index in [0.717, 1.165) is 21.0 Å². The van der Waals surface area contributed by atoms with Crippen LogP contribution in [0.2, 0.25) is 10.0 Å². The minimum atomic E-state index is -4.16. The number of carbonyl (C=O) groups is 2. The quantitative estimate of drug-likeness (QED) is 0.273. The molecule has 41 heavy (non-hydrogen) atoms. The fourth-order valence-electron chi connectivity index (χ4n) is 4.35. The molecule has 0 saturated carbocycles. The normalized spacial score (nSPS) is 12.2. The molecule has 10 heteroatoms. The van der Waals surface area contributed by atoms with E-state index >= 15 is 0 Å². The van der Waals surface area contributed by atoms with Crippen LogP contribution in [0.15, 0.2) is 65.6 Å². The van der Waals surface area contributed by atoms with Crippen molar-refractivity contribution in [2.45, 2.75) is 59.0 Å². The molecule has 2 amide bonds. The molecule has 0 radical (unpaired) electrons. The molecule has 0 aliphatic heterocycles. The molecule has 0 bridgehead atoms. The molecule has 0 saturated heterocycles. The van der Waals surface area contributed by atoms with Crippen LogP contribution in [0.1, 0.15) is 43.0 Å². The van der Waals surface area contributed by atoms with Crippen LogP contribution < -0.4 is 9.62 Å². The van der Waals surface area contributed by atoms with Gasteiger partial charge in [-0.15, -0.1) is 0 Å². The number of sulfonamides is 1. The lowest BCUT2D eigenvalue weighted by atomic mass is 10.1. The third kappa shape index (κ3) is 8.24. The first-order valence-electron chi connectivity index (χ1n) is 13.4. The third-order valence-electron chi connectivity index (χ3n) is 6.62. The van der Waals surface area contributed by atoms with Crippen LogP contribution in [0, 0.1) is 26.7 Å². The van der Waals surface area contributed by atoms with Crippen molar-refractivity contribution in [2.75, 3.05) is 17.4 Å². The van der Waals surface area contributed by atoms with Gasteiger partial charge in [-0.3, -0.25) is 13.9 Å². The highest BCUT2D eigenvalue weighted by Crippen LogP contribution is 2.29. The Morgan fingerprint density at radius 2 is 1.41 bits per heavy atom. The van der Waals surface area contributed by atoms with Gasteiger partial charge in [0.15, 0.2) is 0 Å². The maximum atomic E-state index is 14.1. The SMILES string of the molecule is Cc1ccc(S(=O)(=O)N(CC(=O)N(Cc2c(Cl)cccc2Cl)C(C)C(=O)NCC(C)C)c2cc(C)cc(C)c2)cc1. The van der Waals surface area contributed by atoms with E-state index in [2.05, 4.69) is 5.32 Å². The summed E-state index contributed by atoms with van der Waals surface area (Å²) in [5, 5.41) is 3.54. The molecule has 3 aromatic rings. The number of anilines is 1. The molecular weight excluding hydrogens is 581 g/mol. The first-order chi connectivity index (χ1) is 19.2. The molecule has 0 spiro atoms. The summed E-state index contributed by atoms with van der Waals surface area (Å²) in [7, 11) is -4.16. The van der Waals surface area contributed by atoms with Crippen LogP contribution >= 0.6 is 23.2 Å². The molecule has 1 unspecified atom stereocenters. The van der Waals surface area contributed by atoms with Crippen molar-refractivity contribution >= 4 is 50.7 Å². The van der Waals surface area contributed by atoms with E-state index in [9.17, 15) is 18.0 Å². The van der Waals surface area contributed by atoms with Crippen molar-refractivity contribution in [1.82, 2.24) is 10.2 Å². The summed E-state index contributed by atoms with van der Waals surface area (Å²) < 4.78 is 29.1. The molecule has 0 aliphatic rings. The van der Waals surface area contributed by atoms with E-state index in [0.29, 0.717) is 27.8 Å². The van der Waals surface area contributed by atoms with Crippen molar-refractivity contribution in [1.29, 1.82) is 0 Å². The van der Waals surface area contributed by atoms with Gasteiger partial charge in [-0.25, -0.2) is 8.42 Å². The van der Waals surface area contributed by atoms with Crippen molar-refractivity contribution in [3.05, 3.63) is 93.0 Å². The lowest BCUT2D eigenvalue weighted by Gasteiger charge is -2.32. The van der Waals surface area contributed by atoms with Gasteiger partial charge in [0.25, 0.3) is 10.0 Å². The number of benzene rings is 3. The van der Waals surface area contributed by atoms with Crippen molar-refractivity contribution in [2.24, 2.45) is 5.92 Å². The van der Waals surface area contributed by atoms with Gasteiger partial charge in [0, 0.05) is 28.7 Å². The second-order valence-electron chi connectivity index (χ2n) is 10.7. The predicted octanol–water partition coefficient (Wildman–Crippen LogP) is 6.30. The van der Waals surface area contributed by atoms with E-state index in [1.54, 1.807) is 49.4 Å². The standard InChI is InChI=1S/C31H37Cl2N3O4S/c1-20(2)17-34-31(38)24(6)35(18-27-28(32)8-7-9-29(27)33)30(37)19-36(25-15-22(4)14-23(5)16-25)41(39,40)26-12-10-21(3)11-13-26/h7-16,20,24H,17-19H2,1-6H3,(H,34,38). The first kappa shape index (κ1) is 32.4. The van der Waals surface area contributed by atoms with E-state index in [1.807, 2.05) is 40.7 Å². The maximum Gasteiger partial charge on any atom is 0.264 e. The number of halogens is 2. The fraction of sp³-hybridized carbons (Fsp3) is 0.355. The zero-order valence-corrected chi connectivity index (χ0v) is 26.6. The second-order valence-corrected chi connectivity index (χ2v) is 13.4. The molecule has 0 aliphatic carbocycles. The Balaban J connectivity index is 2.09. The van der Waals surface area contributed by atoms with Crippen LogP contribution in [0.5, 0.6) is 0 Å². The lowest BCUT2D eigenvalue weighted by molar-refractivity contribution is -0.139. The predicted molar refractivity (Wildman–Crippen MR) is 166 cm³/mol. The van der Waals surface area contributed by atoms with Crippen LogP contribution in [-0.4, -0.2) is 44.3 Å². The summed E-state index contributed by atoms with van der Waals surface area (Å²) in [6, 6.07) is 15.9. The first-order valence-corrected chi connectivity index (χ1v) is 15.6. The van der Waals surface area contributed by atoms with Gasteiger partial charge in [-0.1, -0.05) is 66.9 Å². The smallest absolute Gasteiger partial charge is 0.264 e. The summed E-state index contributed by atoms with van der Waals surface area (Å²) in [6.07, 6.45) is 0. The topological polar surface area (TPSA) is 86.8 Å². The fourth-order valence-corrected chi connectivity index (χ4v) is 6.26. The molecule has 7 nitrogen and oxygen atoms in total. The van der Waals surface area contributed by atoms with Crippen molar-refractivity contribution in [3.8, 4) is 0 Å². The third-order valence-corrected chi connectivity index (χ3v) is 9.12. The molecule has 0 fully saturated rings. The Labute approximate surface area is 253 Å². The summed E-state index contributed by atoms with van der Waals surface area (Å²) in [4.78, 5) is 28.6. The van der Waals surface area contributed by atoms with Crippen LogP contribution in [-0.2, 0) is 26.2 Å². The van der Waals surface area contributed by atoms with E-state index in [4.69, 9.17) is 23.2 Å². The average molecular weight is 619 g/mol. The van der Waals surface area contributed by atoms with Crippen LogP contribution in [0.25, 0.3) is 0 Å². The Bertz CT molecular complexity index is 1470. The number of amides is 2. The van der Waals surface area contributed by atoms with E-state index < -0.39 is 28.5 Å². The number of aryl methyl sites for hydroxylation is 3. The summed E-state index contributed by atoms with van der Waals surface area (Å²) in [6.45, 7) is 10.9. The van der Waals surface area contributed by atoms with Crippen LogP contribution in [0.3, 0.4) is 0 Å². The number of hydrogen-bond donors (Lipinski definition) is 1. The van der Waals surface area contributed by atoms with Crippen LogP contribution in [0.4, 0.5) is 5.69 Å². The number of rotatable bonds is 11. The van der Waals surface area contributed by atoms with Crippen molar-refractivity contribution in [3.63, 3.8) is 0 Å². The number of nitrogens with one attached hydrogen (secondary N) is 1. The maximum absolute atomic E-state index is 14.1. The monoisotopic (exact) mass is 617 g/mol. The molecule has 0 aromatic heterocycles. The van der Waals surface area contributed by atoms with Gasteiger partial charge in [-0.2, -0.15) is 0 Å². The highest BCUT2D eigenvalue weighted by Gasteiger charge is 2.33. The minimum absolute atomic E-state index is 0.0542. The van der Waals surface area contributed by atoms with Gasteiger partial charge in [-0.05, 0) is 81.1 Å². The van der Waals surface area contributed by atoms with E-state index in [1.165, 1.54) is 17.0 Å². The Morgan fingerprint density at radius 1 is 0.854 bits per heavy atom. The number of hydrogen-bond acceptors (Lipinski definition) is 4. The molecule has 1 atom stereocenters. The molecule has 220 valence electrons. The Morgan fingerprint density at radius 3 is 1.95 bits per heavy atom. The molecule has 3 rings (SSSR count). The van der Waals surface area contributed by atoms with Gasteiger partial charge in [0.05, 0.1) is 10.6 Å². The highest BCUT2D eigenvalue weighted by atomic mass is 35.5. The van der Waals surface area contributed by atoms with Gasteiger partial charge >= 0.3 is 0 Å². The molecular formula is C31H37Cl2N3O4S. The summed E-state index contributed by atoms with van der Waals surface area (Å²) in [5.74, 6) is -0.745. The Hall–Kier alpha value is -3.07. The van der Waals surface area contributed by atoms with Gasteiger partial charge in [0.2, 0.25) is 11.8 Å². The average Bonchev–Trinajstić information content (AvgIpc) is 2.89. The Kier molecular flexibility index (Phi) is 10.9. The molecule has 1 N–H and O–H groups in total. The minimum Gasteiger partial charge on any atom is -0.354 e. The second kappa shape index (κ2) is 13.7. The number of nitrogens with zero attached hydrogens (tertiary/aromatic N) is 2. The molecule has 0 heterocycles. The zero-order chi connectivity index (χ0) is 30.5. The van der Waals surface area contributed by atoms with Gasteiger partial charge in [0.1, 0.15) is 12.6 Å². The zero-order valence-electron chi connectivity index (χ0n) is 24.2. The number of carbonyl (C=O) groups excluding carboxylic acids is 2. The summed E-state index contributed by atoms with van der Waals surface area (Å²) in [5.41, 5.74) is 3.41. The van der Waals surface area contributed by atoms with Crippen molar-refractivity contribution < 1.29 is 18.0 Å². The van der Waals surface area contributed by atoms with E-state index in [-0.39, 0.29) is 23.3 Å². The summed E-state index contributed by atoms with van der Waals surface area (Å²) >= 11 is 12.9. The highest BCUT2D eigenvalue weighted by molar-refractivity contribution is 7.92. The van der Waals surface area contributed by atoms with Gasteiger partial charge < -0.3 is 10.2 Å². The molecule has 3 aromatic carbocycles. The largest absolute Gasteiger partial charge is 0.354 e.